The highest BCUT2D eigenvalue weighted by Gasteiger charge is 2.64. The first-order valence-electron chi connectivity index (χ1n) is 25.3. The predicted octanol–water partition coefficient (Wildman–Crippen LogP) is 9.01. The third-order valence-corrected chi connectivity index (χ3v) is 16.3. The molecule has 3 aromatic carbocycles. The van der Waals surface area contributed by atoms with Crippen LogP contribution in [0.5, 0.6) is 11.5 Å². The van der Waals surface area contributed by atoms with Gasteiger partial charge in [-0.05, 0) is 98.2 Å². The number of nitrogens with zero attached hydrogens (tertiary/aromatic N) is 9. The summed E-state index contributed by atoms with van der Waals surface area (Å²) in [4.78, 5) is 35.7. The Morgan fingerprint density at radius 3 is 2.35 bits per heavy atom. The van der Waals surface area contributed by atoms with Crippen LogP contribution in [0, 0.1) is 22.2 Å². The number of halogens is 2. The highest BCUT2D eigenvalue weighted by Crippen LogP contribution is 2.56. The van der Waals surface area contributed by atoms with Gasteiger partial charge in [0, 0.05) is 134 Å². The number of anilines is 3. The van der Waals surface area contributed by atoms with Gasteiger partial charge in [0.05, 0.1) is 31.5 Å². The number of methoxy groups -OCH3 is 1. The fourth-order valence-electron chi connectivity index (χ4n) is 12.9. The summed E-state index contributed by atoms with van der Waals surface area (Å²) in [6, 6.07) is 19.4. The monoisotopic (exact) mass is 969 g/mol. The van der Waals surface area contributed by atoms with Crippen molar-refractivity contribution in [3.63, 3.8) is 0 Å². The molecular weight excluding hydrogens is 903 g/mol. The number of likely N-dealkylation sites (tertiary alicyclic amines) is 1. The maximum Gasteiger partial charge on any atom is 0.264 e. The lowest BCUT2D eigenvalue weighted by Gasteiger charge is -2.63. The minimum absolute atomic E-state index is 0.0147. The number of aryl methyl sites for hydroxylation is 2. The zero-order valence-electron chi connectivity index (χ0n) is 42.1. The standard InChI is InChI=1S/C55H66F2N10O4/c1-34(68)64-25-20-46-45(33-64)50(66-22-8-10-36-26-43(38-30-59-62(6)31-38)44(49(56)57)28-47(36)66)61-67(46)40-18-23-63(24-19-40)41-11-9-21-65(32-41)39-15-12-35(13-16-39)51(69)60-52-54(2,3)53(55(52,4)5)71-42-17-14-37(29-58)48(27-42)70-7/h12-17,26-28,30-31,40-41,49,52-53H,8-11,18-25,32-33H2,1-7H3,(H,60,69)/t41-,52?,53?/m0/s1. The number of rotatable bonds is 11. The molecule has 3 fully saturated rings. The number of nitriles is 1. The Hall–Kier alpha value is -6.47. The van der Waals surface area contributed by atoms with E-state index in [0.29, 0.717) is 65.8 Å². The lowest BCUT2D eigenvalue weighted by Crippen LogP contribution is -2.74. The number of alkyl halides is 2. The molecule has 374 valence electrons. The highest BCUT2D eigenvalue weighted by atomic mass is 19.3. The zero-order valence-corrected chi connectivity index (χ0v) is 42.1. The Morgan fingerprint density at radius 1 is 0.915 bits per heavy atom. The molecule has 2 amide bonds. The number of nitrogens with one attached hydrogen (secondary N) is 1. The molecule has 1 atom stereocenters. The normalized spacial score (nSPS) is 22.0. The molecule has 0 bridgehead atoms. The molecule has 71 heavy (non-hydrogen) atoms. The van der Waals surface area contributed by atoms with Crippen molar-refractivity contribution in [2.24, 2.45) is 17.9 Å². The molecule has 5 aliphatic rings. The van der Waals surface area contributed by atoms with E-state index < -0.39 is 6.43 Å². The van der Waals surface area contributed by atoms with Crippen LogP contribution in [0.1, 0.15) is 117 Å². The van der Waals surface area contributed by atoms with Crippen molar-refractivity contribution in [3.05, 3.63) is 101 Å². The summed E-state index contributed by atoms with van der Waals surface area (Å²) in [6.45, 7) is 15.6. The zero-order chi connectivity index (χ0) is 49.9. The number of fused-ring (bicyclic) bond motifs is 2. The van der Waals surface area contributed by atoms with Crippen LogP contribution in [0.15, 0.2) is 67.0 Å². The molecule has 1 saturated carbocycles. The maximum absolute atomic E-state index is 14.8. The van der Waals surface area contributed by atoms with E-state index in [1.54, 1.807) is 55.3 Å². The van der Waals surface area contributed by atoms with Gasteiger partial charge in [-0.1, -0.05) is 27.7 Å². The van der Waals surface area contributed by atoms with E-state index in [9.17, 15) is 23.6 Å². The molecule has 4 aliphatic heterocycles. The Labute approximate surface area is 415 Å². The van der Waals surface area contributed by atoms with Crippen molar-refractivity contribution < 1.29 is 27.8 Å². The van der Waals surface area contributed by atoms with Gasteiger partial charge in [0.1, 0.15) is 23.7 Å². The number of benzene rings is 3. The number of carbonyl (C=O) groups excluding carboxylic acids is 2. The second-order valence-corrected chi connectivity index (χ2v) is 21.5. The molecule has 0 radical (unpaired) electrons. The number of hydrogen-bond acceptors (Lipinski definition) is 10. The van der Waals surface area contributed by atoms with Crippen molar-refractivity contribution in [3.8, 4) is 28.7 Å². The lowest BCUT2D eigenvalue weighted by molar-refractivity contribution is -0.164. The van der Waals surface area contributed by atoms with E-state index in [1.165, 1.54) is 7.11 Å². The molecule has 16 heteroatoms. The molecule has 5 aromatic rings. The minimum Gasteiger partial charge on any atom is -0.495 e. The summed E-state index contributed by atoms with van der Waals surface area (Å²) >= 11 is 0. The van der Waals surface area contributed by atoms with Crippen LogP contribution < -0.4 is 24.6 Å². The second kappa shape index (κ2) is 18.9. The van der Waals surface area contributed by atoms with Crippen LogP contribution in [0.2, 0.25) is 0 Å². The summed E-state index contributed by atoms with van der Waals surface area (Å²) in [7, 11) is 3.33. The van der Waals surface area contributed by atoms with Gasteiger partial charge < -0.3 is 29.5 Å². The first kappa shape index (κ1) is 48.2. The SMILES string of the molecule is COc1cc(OC2C(C)(C)C(NC(=O)c3ccc(N4CCC[C@H](N5CCC(n6nc(N7CCCc8cc(-c9cnn(C)c9)c(C(F)F)cc87)c7c6CCN(C(C)=O)C7)CC5)C4)cc3)C2(C)C)ccc1C#N. The first-order valence-corrected chi connectivity index (χ1v) is 25.3. The molecule has 1 aliphatic carbocycles. The fraction of sp³-hybridized carbons (Fsp3) is 0.509. The summed E-state index contributed by atoms with van der Waals surface area (Å²) in [5.74, 6) is 1.78. The van der Waals surface area contributed by atoms with Crippen LogP contribution in [0.4, 0.5) is 26.0 Å². The maximum atomic E-state index is 14.8. The predicted molar refractivity (Wildman–Crippen MR) is 268 cm³/mol. The van der Waals surface area contributed by atoms with E-state index in [4.69, 9.17) is 14.6 Å². The molecule has 2 aromatic heterocycles. The highest BCUT2D eigenvalue weighted by molar-refractivity contribution is 5.95. The Bertz CT molecular complexity index is 2840. The van der Waals surface area contributed by atoms with Crippen molar-refractivity contribution >= 4 is 29.0 Å². The number of hydrogen-bond donors (Lipinski definition) is 1. The van der Waals surface area contributed by atoms with Crippen molar-refractivity contribution in [2.45, 2.75) is 117 Å². The smallest absolute Gasteiger partial charge is 0.264 e. The largest absolute Gasteiger partial charge is 0.495 e. The summed E-state index contributed by atoms with van der Waals surface area (Å²) < 4.78 is 45.4. The molecular formula is C55H66F2N10O4. The van der Waals surface area contributed by atoms with Crippen molar-refractivity contribution in [2.75, 3.05) is 56.2 Å². The van der Waals surface area contributed by atoms with Gasteiger partial charge in [0.25, 0.3) is 12.3 Å². The minimum atomic E-state index is -2.66. The summed E-state index contributed by atoms with van der Waals surface area (Å²) in [5.41, 5.74) is 6.58. The van der Waals surface area contributed by atoms with Gasteiger partial charge in [-0.3, -0.25) is 23.9 Å². The first-order chi connectivity index (χ1) is 34.0. The number of amides is 2. The summed E-state index contributed by atoms with van der Waals surface area (Å²) in [5, 5.41) is 22.4. The van der Waals surface area contributed by atoms with Gasteiger partial charge in [-0.2, -0.15) is 15.5 Å². The Morgan fingerprint density at radius 2 is 1.68 bits per heavy atom. The summed E-state index contributed by atoms with van der Waals surface area (Å²) in [6.07, 6.45) is 6.99. The van der Waals surface area contributed by atoms with Crippen molar-refractivity contribution in [1.82, 2.24) is 34.7 Å². The fourth-order valence-corrected chi connectivity index (χ4v) is 12.9. The van der Waals surface area contributed by atoms with Crippen LogP contribution in [0.3, 0.4) is 0 Å². The average Bonchev–Trinajstić information content (AvgIpc) is 3.99. The van der Waals surface area contributed by atoms with Crippen molar-refractivity contribution in [1.29, 1.82) is 5.26 Å². The third-order valence-electron chi connectivity index (χ3n) is 16.3. The number of piperidine rings is 2. The van der Waals surface area contributed by atoms with E-state index in [2.05, 4.69) is 75.7 Å². The average molecular weight is 969 g/mol. The number of carbonyl (C=O) groups is 2. The van der Waals surface area contributed by atoms with Crippen LogP contribution in [0.25, 0.3) is 11.1 Å². The second-order valence-electron chi connectivity index (χ2n) is 21.5. The van der Waals surface area contributed by atoms with Crippen LogP contribution >= 0.6 is 0 Å². The Balaban J connectivity index is 0.795. The lowest BCUT2D eigenvalue weighted by atomic mass is 9.49. The van der Waals surface area contributed by atoms with Crippen LogP contribution in [-0.2, 0) is 31.2 Å². The van der Waals surface area contributed by atoms with E-state index in [-0.39, 0.29) is 46.4 Å². The third kappa shape index (κ3) is 8.89. The van der Waals surface area contributed by atoms with Gasteiger partial charge >= 0.3 is 0 Å². The molecule has 0 spiro atoms. The molecule has 14 nitrogen and oxygen atoms in total. The molecule has 1 N–H and O–H groups in total. The van der Waals surface area contributed by atoms with E-state index in [0.717, 1.165) is 98.7 Å². The molecule has 6 heterocycles. The molecule has 0 unspecified atom stereocenters. The van der Waals surface area contributed by atoms with E-state index in [1.807, 2.05) is 23.1 Å². The van der Waals surface area contributed by atoms with Crippen LogP contribution in [-0.4, -0.2) is 106 Å². The molecule has 10 rings (SSSR count). The Kier molecular flexibility index (Phi) is 12.8. The van der Waals surface area contributed by atoms with E-state index >= 15 is 0 Å². The van der Waals surface area contributed by atoms with Gasteiger partial charge in [0.2, 0.25) is 5.91 Å². The van der Waals surface area contributed by atoms with Gasteiger partial charge in [0.15, 0.2) is 5.82 Å². The number of ether oxygens (including phenoxy) is 2. The quantitative estimate of drug-likeness (QED) is 0.137. The topological polar surface area (TPSA) is 137 Å². The van der Waals surface area contributed by atoms with Gasteiger partial charge in [-0.15, -0.1) is 0 Å². The molecule has 2 saturated heterocycles. The number of aromatic nitrogens is 4. The van der Waals surface area contributed by atoms with Gasteiger partial charge in [-0.25, -0.2) is 8.78 Å².